The van der Waals surface area contributed by atoms with Gasteiger partial charge in [-0.3, -0.25) is 9.59 Å². The third-order valence-electron chi connectivity index (χ3n) is 6.27. The van der Waals surface area contributed by atoms with Crippen LogP contribution in [0.1, 0.15) is 27.9 Å². The van der Waals surface area contributed by atoms with Crippen molar-refractivity contribution >= 4 is 49.4 Å². The highest BCUT2D eigenvalue weighted by atomic mass is 79.9. The van der Waals surface area contributed by atoms with Crippen molar-refractivity contribution in [2.45, 2.75) is 12.6 Å². The quantitative estimate of drug-likeness (QED) is 0.256. The molecule has 1 unspecified atom stereocenters. The topological polar surface area (TPSA) is 83.9 Å². The first kappa shape index (κ1) is 21.4. The maximum absolute atomic E-state index is 13.8. The van der Waals surface area contributed by atoms with Crippen LogP contribution in [0, 0.1) is 0 Å². The molecule has 1 aliphatic heterocycles. The van der Waals surface area contributed by atoms with Gasteiger partial charge in [-0.15, -0.1) is 0 Å². The molecule has 3 heterocycles. The Hall–Kier alpha value is -4.10. The number of hydrogen-bond acceptors (Lipinski definition) is 5. The molecule has 0 spiro atoms. The SMILES string of the molecule is O=C(C1=C(O)C(=O)N(Cc2ccco2)C1c1cccc2ccccc12)c1cc2cc(Br)ccc2o1. The van der Waals surface area contributed by atoms with Gasteiger partial charge in [-0.25, -0.2) is 0 Å². The molecule has 6 nitrogen and oxygen atoms in total. The Kier molecular flexibility index (Phi) is 5.07. The molecule has 1 N–H and O–H groups in total. The van der Waals surface area contributed by atoms with Gasteiger partial charge in [0.2, 0.25) is 5.78 Å². The second-order valence-corrected chi connectivity index (χ2v) is 9.28. The summed E-state index contributed by atoms with van der Waals surface area (Å²) in [6, 6.07) is 23.2. The summed E-state index contributed by atoms with van der Waals surface area (Å²) in [7, 11) is 0. The van der Waals surface area contributed by atoms with E-state index in [9.17, 15) is 14.7 Å². The van der Waals surface area contributed by atoms with Crippen LogP contribution in [0.2, 0.25) is 0 Å². The first-order valence-electron chi connectivity index (χ1n) is 11.0. The van der Waals surface area contributed by atoms with E-state index >= 15 is 0 Å². The number of rotatable bonds is 5. The molecule has 1 amide bonds. The second-order valence-electron chi connectivity index (χ2n) is 8.37. The summed E-state index contributed by atoms with van der Waals surface area (Å²) >= 11 is 3.43. The predicted octanol–water partition coefficient (Wildman–Crippen LogP) is 6.72. The van der Waals surface area contributed by atoms with Crippen molar-refractivity contribution in [1.29, 1.82) is 0 Å². The lowest BCUT2D eigenvalue weighted by atomic mass is 9.91. The Morgan fingerprint density at radius 1 is 0.971 bits per heavy atom. The molecule has 3 aromatic carbocycles. The maximum atomic E-state index is 13.8. The number of Topliss-reactive ketones (excluding diaryl/α,β-unsaturated/α-hetero) is 1. The lowest BCUT2D eigenvalue weighted by molar-refractivity contribution is -0.130. The number of benzene rings is 3. The standard InChI is InChI=1S/C28H18BrNO5/c29-18-10-11-22-17(13-18)14-23(35-22)26(31)24-25(21-9-3-6-16-5-1-2-8-20(16)21)30(28(33)27(24)32)15-19-7-4-12-34-19/h1-14,25,32H,15H2. The van der Waals surface area contributed by atoms with Crippen molar-refractivity contribution in [1.82, 2.24) is 4.90 Å². The first-order chi connectivity index (χ1) is 17.0. The summed E-state index contributed by atoms with van der Waals surface area (Å²) in [6.07, 6.45) is 1.52. The number of furan rings is 2. The highest BCUT2D eigenvalue weighted by molar-refractivity contribution is 9.10. The van der Waals surface area contributed by atoms with Crippen LogP contribution in [0.15, 0.2) is 110 Å². The summed E-state index contributed by atoms with van der Waals surface area (Å²) < 4.78 is 12.2. The lowest BCUT2D eigenvalue weighted by Crippen LogP contribution is -2.30. The van der Waals surface area contributed by atoms with Gasteiger partial charge in [0.15, 0.2) is 11.5 Å². The van der Waals surface area contributed by atoms with Crippen molar-refractivity contribution in [3.05, 3.63) is 118 Å². The van der Waals surface area contributed by atoms with E-state index in [1.165, 1.54) is 11.2 Å². The molecule has 0 fully saturated rings. The van der Waals surface area contributed by atoms with E-state index in [1.807, 2.05) is 54.6 Å². The zero-order valence-electron chi connectivity index (χ0n) is 18.3. The van der Waals surface area contributed by atoms with Gasteiger partial charge in [0.1, 0.15) is 11.3 Å². The van der Waals surface area contributed by atoms with Gasteiger partial charge in [0, 0.05) is 9.86 Å². The number of carbonyl (C=O) groups excluding carboxylic acids is 2. The van der Waals surface area contributed by atoms with Crippen LogP contribution in [-0.2, 0) is 11.3 Å². The van der Waals surface area contributed by atoms with E-state index in [1.54, 1.807) is 24.3 Å². The molecule has 0 saturated heterocycles. The van der Waals surface area contributed by atoms with E-state index in [-0.39, 0.29) is 17.9 Å². The van der Waals surface area contributed by atoms with E-state index in [2.05, 4.69) is 15.9 Å². The van der Waals surface area contributed by atoms with Crippen molar-refractivity contribution in [2.75, 3.05) is 0 Å². The Morgan fingerprint density at radius 2 is 1.80 bits per heavy atom. The smallest absolute Gasteiger partial charge is 0.290 e. The highest BCUT2D eigenvalue weighted by Gasteiger charge is 2.45. The molecule has 5 aromatic rings. The van der Waals surface area contributed by atoms with E-state index in [0.29, 0.717) is 11.3 Å². The van der Waals surface area contributed by atoms with Gasteiger partial charge in [-0.2, -0.15) is 0 Å². The average molecular weight is 528 g/mol. The zero-order valence-corrected chi connectivity index (χ0v) is 19.9. The highest BCUT2D eigenvalue weighted by Crippen LogP contribution is 2.42. The van der Waals surface area contributed by atoms with Crippen molar-refractivity contribution in [2.24, 2.45) is 0 Å². The van der Waals surface area contributed by atoms with Crippen molar-refractivity contribution < 1.29 is 23.5 Å². The number of fused-ring (bicyclic) bond motifs is 2. The Morgan fingerprint density at radius 3 is 2.63 bits per heavy atom. The average Bonchev–Trinajstić information content (AvgIpc) is 3.59. The molecule has 1 atom stereocenters. The van der Waals surface area contributed by atoms with Crippen molar-refractivity contribution in [3.63, 3.8) is 0 Å². The Bertz CT molecular complexity index is 1640. The first-order valence-corrected chi connectivity index (χ1v) is 11.8. The van der Waals surface area contributed by atoms with Crippen LogP contribution < -0.4 is 0 Å². The van der Waals surface area contributed by atoms with E-state index in [0.717, 1.165) is 26.2 Å². The van der Waals surface area contributed by atoms with Gasteiger partial charge >= 0.3 is 0 Å². The number of carbonyl (C=O) groups is 2. The van der Waals surface area contributed by atoms with Crippen LogP contribution in [0.5, 0.6) is 0 Å². The number of nitrogens with zero attached hydrogens (tertiary/aromatic N) is 1. The fourth-order valence-electron chi connectivity index (χ4n) is 4.69. The Balaban J connectivity index is 1.52. The molecule has 2 aromatic heterocycles. The number of hydrogen-bond donors (Lipinski definition) is 1. The minimum atomic E-state index is -0.828. The van der Waals surface area contributed by atoms with Gasteiger partial charge < -0.3 is 18.8 Å². The normalized spacial score (nSPS) is 16.1. The van der Waals surface area contributed by atoms with Gasteiger partial charge in [-0.1, -0.05) is 58.4 Å². The molecule has 0 aliphatic carbocycles. The molecule has 6 rings (SSSR count). The molecule has 7 heteroatoms. The summed E-state index contributed by atoms with van der Waals surface area (Å²) in [5.74, 6) is -1.16. The number of amides is 1. The fourth-order valence-corrected chi connectivity index (χ4v) is 5.07. The molecule has 0 radical (unpaired) electrons. The van der Waals surface area contributed by atoms with E-state index < -0.39 is 23.5 Å². The van der Waals surface area contributed by atoms with Crippen LogP contribution >= 0.6 is 15.9 Å². The summed E-state index contributed by atoms with van der Waals surface area (Å²) in [5.41, 5.74) is 1.25. The lowest BCUT2D eigenvalue weighted by Gasteiger charge is -2.27. The molecule has 172 valence electrons. The van der Waals surface area contributed by atoms with E-state index in [4.69, 9.17) is 8.83 Å². The van der Waals surface area contributed by atoms with Gasteiger partial charge in [-0.05, 0) is 52.7 Å². The molecular weight excluding hydrogens is 510 g/mol. The molecular formula is C28H18BrNO5. The number of ketones is 1. The van der Waals surface area contributed by atoms with Gasteiger partial charge in [0.25, 0.3) is 5.91 Å². The number of aliphatic hydroxyl groups is 1. The van der Waals surface area contributed by atoms with Crippen LogP contribution in [0.4, 0.5) is 0 Å². The Labute approximate surface area is 208 Å². The number of halogens is 1. The molecule has 35 heavy (non-hydrogen) atoms. The second kappa shape index (κ2) is 8.29. The zero-order chi connectivity index (χ0) is 24.1. The summed E-state index contributed by atoms with van der Waals surface area (Å²) in [4.78, 5) is 28.6. The summed E-state index contributed by atoms with van der Waals surface area (Å²) in [5, 5.41) is 13.6. The van der Waals surface area contributed by atoms with Gasteiger partial charge in [0.05, 0.1) is 24.4 Å². The monoisotopic (exact) mass is 527 g/mol. The van der Waals surface area contributed by atoms with Crippen LogP contribution in [-0.4, -0.2) is 21.7 Å². The molecule has 0 bridgehead atoms. The fraction of sp³-hybridized carbons (Fsp3) is 0.0714. The third kappa shape index (κ3) is 3.56. The van der Waals surface area contributed by atoms with Crippen LogP contribution in [0.3, 0.4) is 0 Å². The third-order valence-corrected chi connectivity index (χ3v) is 6.77. The van der Waals surface area contributed by atoms with Crippen LogP contribution in [0.25, 0.3) is 21.7 Å². The summed E-state index contributed by atoms with van der Waals surface area (Å²) in [6.45, 7) is 0.0909. The minimum Gasteiger partial charge on any atom is -0.503 e. The number of aliphatic hydroxyl groups excluding tert-OH is 1. The maximum Gasteiger partial charge on any atom is 0.290 e. The molecule has 1 aliphatic rings. The minimum absolute atomic E-state index is 0.0176. The predicted molar refractivity (Wildman–Crippen MR) is 134 cm³/mol. The molecule has 0 saturated carbocycles. The largest absolute Gasteiger partial charge is 0.503 e. The van der Waals surface area contributed by atoms with Crippen molar-refractivity contribution in [3.8, 4) is 0 Å².